The molecule has 6 nitrogen and oxygen atoms in total. The average Bonchev–Trinajstić information content (AvgIpc) is 2.57. The van der Waals surface area contributed by atoms with Crippen molar-refractivity contribution in [1.82, 2.24) is 10.3 Å². The Bertz CT molecular complexity index is 677. The van der Waals surface area contributed by atoms with Crippen LogP contribution < -0.4 is 5.32 Å². The second-order valence-electron chi connectivity index (χ2n) is 5.13. The molecule has 0 aliphatic rings. The number of rotatable bonds is 8. The molecule has 1 atom stereocenters. The number of nitrogens with one attached hydrogen (secondary N) is 1. The lowest BCUT2D eigenvalue weighted by Crippen LogP contribution is -2.43. The zero-order valence-corrected chi connectivity index (χ0v) is 13.6. The molecule has 1 amide bonds. The van der Waals surface area contributed by atoms with Crippen molar-refractivity contribution >= 4 is 23.5 Å². The summed E-state index contributed by atoms with van der Waals surface area (Å²) in [6.45, 7) is 0.0741. The van der Waals surface area contributed by atoms with E-state index in [1.54, 1.807) is 12.1 Å². The normalized spacial score (nSPS) is 11.7. The largest absolute Gasteiger partial charge is 0.480 e. The zero-order chi connectivity index (χ0) is 17.4. The molecule has 0 unspecified atom stereocenters. The number of carboxylic acid groups (broad SMARTS) is 1. The molecule has 126 valence electrons. The highest BCUT2D eigenvalue weighted by Gasteiger charge is 2.20. The van der Waals surface area contributed by atoms with Gasteiger partial charge < -0.3 is 15.2 Å². The van der Waals surface area contributed by atoms with Crippen molar-refractivity contribution in [2.45, 2.75) is 19.1 Å². The van der Waals surface area contributed by atoms with Crippen LogP contribution in [0.1, 0.15) is 11.1 Å². The molecular formula is C17H17ClN2O4. The van der Waals surface area contributed by atoms with Gasteiger partial charge in [0.25, 0.3) is 0 Å². The van der Waals surface area contributed by atoms with Gasteiger partial charge in [0.2, 0.25) is 5.91 Å². The minimum Gasteiger partial charge on any atom is -0.480 e. The third kappa shape index (κ3) is 5.98. The van der Waals surface area contributed by atoms with Gasteiger partial charge in [-0.25, -0.2) is 9.78 Å². The molecule has 2 rings (SSSR count). The fourth-order valence-corrected chi connectivity index (χ4v) is 2.15. The molecule has 7 heteroatoms. The molecule has 0 fully saturated rings. The maximum atomic E-state index is 11.9. The summed E-state index contributed by atoms with van der Waals surface area (Å²) in [5.74, 6) is -1.61. The van der Waals surface area contributed by atoms with E-state index in [2.05, 4.69) is 10.3 Å². The molecule has 0 aliphatic heterocycles. The summed E-state index contributed by atoms with van der Waals surface area (Å²) < 4.78 is 5.29. The van der Waals surface area contributed by atoms with Crippen LogP contribution >= 0.6 is 11.6 Å². The Hall–Kier alpha value is -2.44. The molecule has 0 spiro atoms. The number of hydrogen-bond donors (Lipinski definition) is 2. The lowest BCUT2D eigenvalue weighted by atomic mass is 10.1. The van der Waals surface area contributed by atoms with Crippen LogP contribution in [0.25, 0.3) is 0 Å². The molecule has 0 bridgehead atoms. The van der Waals surface area contributed by atoms with Crippen LogP contribution in [0.4, 0.5) is 0 Å². The number of carbonyl (C=O) groups is 2. The lowest BCUT2D eigenvalue weighted by Gasteiger charge is -2.14. The van der Waals surface area contributed by atoms with Crippen LogP contribution in [0.2, 0.25) is 5.15 Å². The predicted molar refractivity (Wildman–Crippen MR) is 88.6 cm³/mol. The second-order valence-corrected chi connectivity index (χ2v) is 5.52. The number of carbonyl (C=O) groups excluding carboxylic acids is 1. The van der Waals surface area contributed by atoms with Gasteiger partial charge in [-0.05, 0) is 17.2 Å². The lowest BCUT2D eigenvalue weighted by molar-refractivity contribution is -0.142. The van der Waals surface area contributed by atoms with E-state index in [0.717, 1.165) is 5.56 Å². The molecule has 2 aromatic rings. The van der Waals surface area contributed by atoms with Crippen molar-refractivity contribution in [3.05, 3.63) is 64.9 Å². The summed E-state index contributed by atoms with van der Waals surface area (Å²) >= 11 is 5.69. The number of amides is 1. The summed E-state index contributed by atoms with van der Waals surface area (Å²) in [5, 5.41) is 12.0. The van der Waals surface area contributed by atoms with Crippen molar-refractivity contribution < 1.29 is 19.4 Å². The molecule has 1 aromatic heterocycles. The Labute approximate surface area is 144 Å². The molecule has 1 aromatic carbocycles. The van der Waals surface area contributed by atoms with E-state index >= 15 is 0 Å². The van der Waals surface area contributed by atoms with E-state index in [-0.39, 0.29) is 19.6 Å². The number of carboxylic acids is 1. The van der Waals surface area contributed by atoms with E-state index in [4.69, 9.17) is 16.3 Å². The summed E-state index contributed by atoms with van der Waals surface area (Å²) in [4.78, 5) is 27.0. The minimum absolute atomic E-state index is 0.115. The number of hydrogen-bond acceptors (Lipinski definition) is 4. The molecule has 0 saturated carbocycles. The summed E-state index contributed by atoms with van der Waals surface area (Å²) in [7, 11) is 0. The van der Waals surface area contributed by atoms with Crippen LogP contribution in [-0.2, 0) is 27.4 Å². The molecule has 1 heterocycles. The first-order chi connectivity index (χ1) is 11.5. The minimum atomic E-state index is -1.12. The second kappa shape index (κ2) is 9.00. The summed E-state index contributed by atoms with van der Waals surface area (Å²) in [6, 6.07) is 11.6. The number of benzene rings is 1. The van der Waals surface area contributed by atoms with Gasteiger partial charge >= 0.3 is 5.97 Å². The molecule has 0 radical (unpaired) electrons. The van der Waals surface area contributed by atoms with Crippen LogP contribution in [0.3, 0.4) is 0 Å². The van der Waals surface area contributed by atoms with Crippen LogP contribution in [0.15, 0.2) is 48.7 Å². The Morgan fingerprint density at radius 3 is 2.54 bits per heavy atom. The fraction of sp³-hybridized carbons (Fsp3) is 0.235. The third-order valence-corrected chi connectivity index (χ3v) is 3.43. The molecular weight excluding hydrogens is 332 g/mol. The molecule has 24 heavy (non-hydrogen) atoms. The van der Waals surface area contributed by atoms with E-state index in [0.29, 0.717) is 10.7 Å². The number of aromatic nitrogens is 1. The number of aliphatic carboxylic acids is 1. The van der Waals surface area contributed by atoms with Gasteiger partial charge in [-0.3, -0.25) is 4.79 Å². The number of ether oxygens (including phenoxy) is 1. The number of pyridine rings is 1. The van der Waals surface area contributed by atoms with Gasteiger partial charge in [-0.2, -0.15) is 0 Å². The first-order valence-electron chi connectivity index (χ1n) is 7.29. The van der Waals surface area contributed by atoms with Gasteiger partial charge in [-0.15, -0.1) is 0 Å². The van der Waals surface area contributed by atoms with Crippen LogP contribution in [0, 0.1) is 0 Å². The molecule has 2 N–H and O–H groups in total. The van der Waals surface area contributed by atoms with Crippen molar-refractivity contribution in [1.29, 1.82) is 0 Å². The fourth-order valence-electron chi connectivity index (χ4n) is 2.03. The Balaban J connectivity index is 1.82. The van der Waals surface area contributed by atoms with Gasteiger partial charge in [0, 0.05) is 12.6 Å². The van der Waals surface area contributed by atoms with E-state index in [1.165, 1.54) is 6.20 Å². The first kappa shape index (κ1) is 17.9. The Morgan fingerprint density at radius 2 is 1.92 bits per heavy atom. The van der Waals surface area contributed by atoms with Crippen molar-refractivity contribution in [2.24, 2.45) is 0 Å². The highest BCUT2D eigenvalue weighted by Crippen LogP contribution is 2.08. The SMILES string of the molecule is O=C(COCc1ccccc1)N[C@@H](Cc1ccc(Cl)nc1)C(=O)O. The standard InChI is InChI=1S/C17H17ClN2O4/c18-15-7-6-13(9-19-15)8-14(17(22)23)20-16(21)11-24-10-12-4-2-1-3-5-12/h1-7,9,14H,8,10-11H2,(H,20,21)(H,22,23)/t14-/m0/s1. The van der Waals surface area contributed by atoms with Gasteiger partial charge in [0.1, 0.15) is 17.8 Å². The van der Waals surface area contributed by atoms with Crippen molar-refractivity contribution in [2.75, 3.05) is 6.61 Å². The van der Waals surface area contributed by atoms with Gasteiger partial charge in [0.15, 0.2) is 0 Å². The van der Waals surface area contributed by atoms with Gasteiger partial charge in [0.05, 0.1) is 6.61 Å². The maximum absolute atomic E-state index is 11.9. The summed E-state index contributed by atoms with van der Waals surface area (Å²) in [5.41, 5.74) is 1.60. The highest BCUT2D eigenvalue weighted by atomic mass is 35.5. The topological polar surface area (TPSA) is 88.5 Å². The van der Waals surface area contributed by atoms with E-state index in [9.17, 15) is 14.7 Å². The predicted octanol–water partition coefficient (Wildman–Crippen LogP) is 2.06. The summed E-state index contributed by atoms with van der Waals surface area (Å²) in [6.07, 6.45) is 1.60. The maximum Gasteiger partial charge on any atom is 0.326 e. The number of halogens is 1. The van der Waals surface area contributed by atoms with Crippen LogP contribution in [0.5, 0.6) is 0 Å². The highest BCUT2D eigenvalue weighted by molar-refractivity contribution is 6.29. The van der Waals surface area contributed by atoms with Crippen LogP contribution in [-0.4, -0.2) is 34.6 Å². The van der Waals surface area contributed by atoms with Crippen molar-refractivity contribution in [3.8, 4) is 0 Å². The van der Waals surface area contributed by atoms with Gasteiger partial charge in [-0.1, -0.05) is 48.0 Å². The van der Waals surface area contributed by atoms with Crippen molar-refractivity contribution in [3.63, 3.8) is 0 Å². The molecule has 0 aliphatic carbocycles. The zero-order valence-electron chi connectivity index (χ0n) is 12.8. The number of nitrogens with zero attached hydrogens (tertiary/aromatic N) is 1. The van der Waals surface area contributed by atoms with E-state index < -0.39 is 17.9 Å². The quantitative estimate of drug-likeness (QED) is 0.713. The Morgan fingerprint density at radius 1 is 1.17 bits per heavy atom. The average molecular weight is 349 g/mol. The molecule has 0 saturated heterocycles. The smallest absolute Gasteiger partial charge is 0.326 e. The van der Waals surface area contributed by atoms with E-state index in [1.807, 2.05) is 30.3 Å². The Kier molecular flexibility index (Phi) is 6.72. The first-order valence-corrected chi connectivity index (χ1v) is 7.66. The third-order valence-electron chi connectivity index (χ3n) is 3.21. The monoisotopic (exact) mass is 348 g/mol.